The van der Waals surface area contributed by atoms with Gasteiger partial charge >= 0.3 is 0 Å². The van der Waals surface area contributed by atoms with Gasteiger partial charge < -0.3 is 19.7 Å². The third kappa shape index (κ3) is 2.25. The van der Waals surface area contributed by atoms with Crippen molar-refractivity contribution in [3.05, 3.63) is 18.2 Å². The molecule has 1 N–H and O–H groups in total. The van der Waals surface area contributed by atoms with Crippen LogP contribution >= 0.6 is 0 Å². The number of nitrogens with zero attached hydrogens (tertiary/aromatic N) is 1. The third-order valence-corrected chi connectivity index (χ3v) is 4.56. The van der Waals surface area contributed by atoms with E-state index in [1.165, 1.54) is 31.6 Å². The predicted octanol–water partition coefficient (Wildman–Crippen LogP) is 1.89. The molecule has 2 aliphatic rings. The summed E-state index contributed by atoms with van der Waals surface area (Å²) >= 11 is 0. The van der Waals surface area contributed by atoms with Crippen molar-refractivity contribution < 1.29 is 9.47 Å². The van der Waals surface area contributed by atoms with Crippen LogP contribution in [0.15, 0.2) is 18.2 Å². The van der Waals surface area contributed by atoms with Crippen LogP contribution in [0, 0.1) is 5.41 Å². The molecule has 104 valence electrons. The fourth-order valence-corrected chi connectivity index (χ4v) is 3.09. The fraction of sp³-hybridized carbons (Fsp3) is 0.600. The molecule has 2 fully saturated rings. The molecule has 2 heterocycles. The monoisotopic (exact) mass is 262 g/mol. The summed E-state index contributed by atoms with van der Waals surface area (Å²) in [6, 6.07) is 6.19. The van der Waals surface area contributed by atoms with Crippen molar-refractivity contribution >= 4 is 5.69 Å². The van der Waals surface area contributed by atoms with Gasteiger partial charge in [-0.3, -0.25) is 0 Å². The lowest BCUT2D eigenvalue weighted by Crippen LogP contribution is -2.58. The summed E-state index contributed by atoms with van der Waals surface area (Å²) in [5.41, 5.74) is 1.83. The largest absolute Gasteiger partial charge is 0.493 e. The van der Waals surface area contributed by atoms with E-state index in [0.29, 0.717) is 5.41 Å². The number of hydrogen-bond donors (Lipinski definition) is 1. The highest BCUT2D eigenvalue weighted by atomic mass is 16.5. The van der Waals surface area contributed by atoms with E-state index in [2.05, 4.69) is 22.3 Å². The maximum atomic E-state index is 5.38. The molecule has 4 heteroatoms. The molecule has 0 saturated carbocycles. The molecule has 19 heavy (non-hydrogen) atoms. The van der Waals surface area contributed by atoms with Crippen LogP contribution in [-0.2, 0) is 0 Å². The summed E-state index contributed by atoms with van der Waals surface area (Å²) in [5, 5.41) is 3.40. The van der Waals surface area contributed by atoms with Crippen molar-refractivity contribution in [1.29, 1.82) is 0 Å². The maximum Gasteiger partial charge on any atom is 0.162 e. The Morgan fingerprint density at radius 2 is 1.74 bits per heavy atom. The molecule has 1 aromatic carbocycles. The second-order valence-electron chi connectivity index (χ2n) is 5.63. The number of hydrogen-bond acceptors (Lipinski definition) is 4. The summed E-state index contributed by atoms with van der Waals surface area (Å²) in [4.78, 5) is 2.45. The summed E-state index contributed by atoms with van der Waals surface area (Å²) < 4.78 is 10.7. The van der Waals surface area contributed by atoms with Gasteiger partial charge in [-0.1, -0.05) is 0 Å². The quantitative estimate of drug-likeness (QED) is 0.902. The number of nitrogens with one attached hydrogen (secondary N) is 1. The van der Waals surface area contributed by atoms with E-state index in [-0.39, 0.29) is 0 Å². The normalized spacial score (nSPS) is 21.1. The average molecular weight is 262 g/mol. The van der Waals surface area contributed by atoms with Crippen LogP contribution in [0.25, 0.3) is 0 Å². The Kier molecular flexibility index (Phi) is 3.27. The van der Waals surface area contributed by atoms with Gasteiger partial charge in [0.1, 0.15) is 0 Å². The summed E-state index contributed by atoms with van der Waals surface area (Å²) in [6.07, 6.45) is 2.57. The van der Waals surface area contributed by atoms with Crippen molar-refractivity contribution in [2.45, 2.75) is 12.8 Å². The zero-order valence-corrected chi connectivity index (χ0v) is 11.7. The SMILES string of the molecule is COc1ccc(N2CCC3(CC2)CNC3)cc1OC. The van der Waals surface area contributed by atoms with Crippen LogP contribution in [0.5, 0.6) is 11.5 Å². The van der Waals surface area contributed by atoms with Crippen molar-refractivity contribution in [3.63, 3.8) is 0 Å². The van der Waals surface area contributed by atoms with Crippen LogP contribution in [0.1, 0.15) is 12.8 Å². The second kappa shape index (κ2) is 4.93. The van der Waals surface area contributed by atoms with Crippen LogP contribution in [-0.4, -0.2) is 40.4 Å². The Balaban J connectivity index is 1.72. The van der Waals surface area contributed by atoms with Crippen molar-refractivity contribution in [3.8, 4) is 11.5 Å². The molecular formula is C15H22N2O2. The topological polar surface area (TPSA) is 33.7 Å². The van der Waals surface area contributed by atoms with E-state index in [1.807, 2.05) is 6.07 Å². The molecule has 2 aliphatic heterocycles. The number of ether oxygens (including phenoxy) is 2. The van der Waals surface area contributed by atoms with Gasteiger partial charge in [0.05, 0.1) is 14.2 Å². The van der Waals surface area contributed by atoms with E-state index in [4.69, 9.17) is 9.47 Å². The number of anilines is 1. The lowest BCUT2D eigenvalue weighted by molar-refractivity contribution is 0.126. The first-order chi connectivity index (χ1) is 9.26. The number of piperidine rings is 1. The Labute approximate surface area is 114 Å². The molecule has 2 saturated heterocycles. The van der Waals surface area contributed by atoms with E-state index in [1.54, 1.807) is 14.2 Å². The van der Waals surface area contributed by atoms with Crippen molar-refractivity contribution in [2.24, 2.45) is 5.41 Å². The molecule has 0 aromatic heterocycles. The standard InChI is InChI=1S/C15H22N2O2/c1-18-13-4-3-12(9-14(13)19-2)17-7-5-15(6-8-17)10-16-11-15/h3-4,9,16H,5-8,10-11H2,1-2H3. The molecule has 0 amide bonds. The van der Waals surface area contributed by atoms with Gasteiger partial charge in [-0.25, -0.2) is 0 Å². The highest BCUT2D eigenvalue weighted by Crippen LogP contribution is 2.38. The van der Waals surface area contributed by atoms with E-state index >= 15 is 0 Å². The fourth-order valence-electron chi connectivity index (χ4n) is 3.09. The summed E-state index contributed by atoms with van der Waals surface area (Å²) in [7, 11) is 3.36. The molecule has 0 bridgehead atoms. The smallest absolute Gasteiger partial charge is 0.162 e. The van der Waals surface area contributed by atoms with Crippen LogP contribution in [0.3, 0.4) is 0 Å². The first-order valence-electron chi connectivity index (χ1n) is 6.94. The molecule has 0 unspecified atom stereocenters. The first kappa shape index (κ1) is 12.6. The van der Waals surface area contributed by atoms with Crippen molar-refractivity contribution in [2.75, 3.05) is 45.3 Å². The highest BCUT2D eigenvalue weighted by molar-refractivity contribution is 5.56. The molecule has 3 rings (SSSR count). The molecular weight excluding hydrogens is 240 g/mol. The van der Waals surface area contributed by atoms with E-state index in [0.717, 1.165) is 24.6 Å². The average Bonchev–Trinajstić information content (AvgIpc) is 2.45. The van der Waals surface area contributed by atoms with Gasteiger partial charge in [0.2, 0.25) is 0 Å². The van der Waals surface area contributed by atoms with Gasteiger partial charge in [0.15, 0.2) is 11.5 Å². The number of rotatable bonds is 3. The molecule has 4 nitrogen and oxygen atoms in total. The van der Waals surface area contributed by atoms with Gasteiger partial charge in [-0.05, 0) is 30.4 Å². The van der Waals surface area contributed by atoms with Gasteiger partial charge in [0.25, 0.3) is 0 Å². The Morgan fingerprint density at radius 3 is 2.26 bits per heavy atom. The van der Waals surface area contributed by atoms with E-state index in [9.17, 15) is 0 Å². The van der Waals surface area contributed by atoms with Crippen LogP contribution in [0.2, 0.25) is 0 Å². The van der Waals surface area contributed by atoms with Crippen LogP contribution in [0.4, 0.5) is 5.69 Å². The Hall–Kier alpha value is -1.42. The zero-order chi connectivity index (χ0) is 13.3. The molecule has 1 aromatic rings. The molecule has 0 atom stereocenters. The Bertz CT molecular complexity index is 447. The number of benzene rings is 1. The molecule has 1 spiro atoms. The van der Waals surface area contributed by atoms with Gasteiger partial charge in [0, 0.05) is 37.9 Å². The number of methoxy groups -OCH3 is 2. The first-order valence-corrected chi connectivity index (χ1v) is 6.94. The van der Waals surface area contributed by atoms with Gasteiger partial charge in [-0.15, -0.1) is 0 Å². The van der Waals surface area contributed by atoms with Crippen molar-refractivity contribution in [1.82, 2.24) is 5.32 Å². The summed E-state index contributed by atoms with van der Waals surface area (Å²) in [5.74, 6) is 1.61. The lowest BCUT2D eigenvalue weighted by atomic mass is 9.73. The third-order valence-electron chi connectivity index (χ3n) is 4.56. The van der Waals surface area contributed by atoms with Gasteiger partial charge in [-0.2, -0.15) is 0 Å². The zero-order valence-electron chi connectivity index (χ0n) is 11.7. The highest BCUT2D eigenvalue weighted by Gasteiger charge is 2.39. The minimum absolute atomic E-state index is 0.590. The minimum atomic E-state index is 0.590. The lowest BCUT2D eigenvalue weighted by Gasteiger charge is -2.49. The predicted molar refractivity (Wildman–Crippen MR) is 76.3 cm³/mol. The minimum Gasteiger partial charge on any atom is -0.493 e. The summed E-state index contributed by atoms with van der Waals surface area (Å²) in [6.45, 7) is 4.67. The Morgan fingerprint density at radius 1 is 1.05 bits per heavy atom. The molecule has 0 radical (unpaired) electrons. The van der Waals surface area contributed by atoms with E-state index < -0.39 is 0 Å². The molecule has 0 aliphatic carbocycles. The van der Waals surface area contributed by atoms with Crippen LogP contribution < -0.4 is 19.7 Å². The second-order valence-corrected chi connectivity index (χ2v) is 5.63. The maximum absolute atomic E-state index is 5.38.